The highest BCUT2D eigenvalue weighted by Crippen LogP contribution is 2.23. The molecule has 0 spiro atoms. The molecule has 11 heteroatoms. The largest absolute Gasteiger partial charge is 0.478 e. The van der Waals surface area contributed by atoms with Crippen molar-refractivity contribution in [1.82, 2.24) is 20.6 Å². The van der Waals surface area contributed by atoms with Crippen LogP contribution in [0.2, 0.25) is 0 Å². The number of tetrazole rings is 1. The fraction of sp³-hybridized carbons (Fsp3) is 0. The molecule has 0 saturated heterocycles. The Morgan fingerprint density at radius 1 is 1.40 bits per heavy atom. The number of aromatic amines is 1. The number of aromatic carboxylic acids is 1. The van der Waals surface area contributed by atoms with Crippen LogP contribution in [-0.4, -0.2) is 42.5 Å². The Morgan fingerprint density at radius 3 is 2.70 bits per heavy atom. The quantitative estimate of drug-likeness (QED) is 0.521. The third-order valence-corrected chi connectivity index (χ3v) is 2.27. The summed E-state index contributed by atoms with van der Waals surface area (Å²) in [6.07, 6.45) is 0. The fourth-order valence-electron chi connectivity index (χ4n) is 1.49. The van der Waals surface area contributed by atoms with Crippen molar-refractivity contribution in [2.45, 2.75) is 0 Å². The van der Waals surface area contributed by atoms with Gasteiger partial charge < -0.3 is 5.11 Å². The number of carbonyl (C=O) groups excluding carboxylic acids is 1. The maximum absolute atomic E-state index is 12.0. The Morgan fingerprint density at radius 2 is 2.15 bits per heavy atom. The van der Waals surface area contributed by atoms with Crippen LogP contribution in [0.15, 0.2) is 18.2 Å². The van der Waals surface area contributed by atoms with Gasteiger partial charge in [-0.2, -0.15) is 5.21 Å². The Labute approximate surface area is 109 Å². The van der Waals surface area contributed by atoms with Crippen LogP contribution in [0.1, 0.15) is 20.7 Å². The van der Waals surface area contributed by atoms with Gasteiger partial charge in [-0.3, -0.25) is 20.2 Å². The van der Waals surface area contributed by atoms with E-state index in [0.717, 1.165) is 12.1 Å². The summed E-state index contributed by atoms with van der Waals surface area (Å²) in [4.78, 5) is 33.0. The molecule has 2 rings (SSSR count). The summed E-state index contributed by atoms with van der Waals surface area (Å²) in [5.41, 5.74) is -1.72. The minimum Gasteiger partial charge on any atom is -0.478 e. The van der Waals surface area contributed by atoms with Crippen LogP contribution < -0.4 is 5.32 Å². The number of hydrogen-bond acceptors (Lipinski definition) is 7. The van der Waals surface area contributed by atoms with Crippen LogP contribution in [0, 0.1) is 10.1 Å². The lowest BCUT2D eigenvalue weighted by Gasteiger charge is -2.05. The minimum atomic E-state index is -1.47. The van der Waals surface area contributed by atoms with Crippen molar-refractivity contribution in [3.63, 3.8) is 0 Å². The molecule has 0 bridgehead atoms. The predicted octanol–water partition coefficient (Wildman–Crippen LogP) is 0.0584. The van der Waals surface area contributed by atoms with E-state index < -0.39 is 33.6 Å². The molecule has 0 aliphatic carbocycles. The van der Waals surface area contributed by atoms with Crippen molar-refractivity contribution in [2.75, 3.05) is 5.32 Å². The Balaban J connectivity index is 2.49. The fourth-order valence-corrected chi connectivity index (χ4v) is 1.49. The molecule has 0 radical (unpaired) electrons. The summed E-state index contributed by atoms with van der Waals surface area (Å²) >= 11 is 0. The normalized spacial score (nSPS) is 10.0. The number of nitro benzene ring substituents is 1. The summed E-state index contributed by atoms with van der Waals surface area (Å²) in [5, 5.41) is 34.1. The molecule has 20 heavy (non-hydrogen) atoms. The standard InChI is InChI=1S/C9H6N6O5/c16-7(10-9-11-13-14-12-9)6-4(8(17)18)2-1-3-5(6)15(19)20/h1-3H,(H,17,18)(H2,10,11,12,13,14,16). The van der Waals surface area contributed by atoms with Gasteiger partial charge >= 0.3 is 5.97 Å². The molecule has 0 atom stereocenters. The molecule has 0 unspecified atom stereocenters. The van der Waals surface area contributed by atoms with E-state index in [1.54, 1.807) is 0 Å². The Bertz CT molecular complexity index is 650. The lowest BCUT2D eigenvalue weighted by Crippen LogP contribution is -2.19. The average Bonchev–Trinajstić information content (AvgIpc) is 2.90. The third-order valence-electron chi connectivity index (χ3n) is 2.27. The van der Waals surface area contributed by atoms with Crippen molar-refractivity contribution in [3.05, 3.63) is 39.4 Å². The number of carboxylic acid groups (broad SMARTS) is 1. The Kier molecular flexibility index (Phi) is 3.33. The zero-order valence-electron chi connectivity index (χ0n) is 9.60. The zero-order valence-corrected chi connectivity index (χ0v) is 9.60. The topological polar surface area (TPSA) is 164 Å². The van der Waals surface area contributed by atoms with Crippen molar-refractivity contribution < 1.29 is 19.6 Å². The summed E-state index contributed by atoms with van der Waals surface area (Å²) in [5.74, 6) is -2.72. The number of benzene rings is 1. The SMILES string of the molecule is O=C(O)c1cccc([N+](=O)[O-])c1C(=O)Nc1nn[nH]n1. The van der Waals surface area contributed by atoms with Gasteiger partial charge in [-0.15, -0.1) is 5.10 Å². The van der Waals surface area contributed by atoms with Crippen LogP contribution in [0.25, 0.3) is 0 Å². The van der Waals surface area contributed by atoms with E-state index in [0.29, 0.717) is 0 Å². The number of H-pyrrole nitrogens is 1. The molecular formula is C9H6N6O5. The van der Waals surface area contributed by atoms with Crippen molar-refractivity contribution >= 4 is 23.5 Å². The summed E-state index contributed by atoms with van der Waals surface area (Å²) < 4.78 is 0. The molecule has 3 N–H and O–H groups in total. The zero-order chi connectivity index (χ0) is 14.7. The number of amides is 1. The van der Waals surface area contributed by atoms with Gasteiger partial charge in [-0.05, 0) is 11.3 Å². The molecule has 1 aromatic heterocycles. The molecule has 1 heterocycles. The molecule has 1 amide bonds. The first kappa shape index (κ1) is 13.1. The number of carboxylic acids is 1. The third kappa shape index (κ3) is 2.40. The average molecular weight is 278 g/mol. The highest BCUT2D eigenvalue weighted by atomic mass is 16.6. The molecule has 2 aromatic rings. The van der Waals surface area contributed by atoms with Gasteiger partial charge in [0.15, 0.2) is 0 Å². The van der Waals surface area contributed by atoms with Crippen molar-refractivity contribution in [1.29, 1.82) is 0 Å². The predicted molar refractivity (Wildman–Crippen MR) is 62.2 cm³/mol. The molecule has 11 nitrogen and oxygen atoms in total. The number of anilines is 1. The molecule has 0 aliphatic heterocycles. The summed E-state index contributed by atoms with van der Waals surface area (Å²) in [7, 11) is 0. The minimum absolute atomic E-state index is 0.232. The van der Waals surface area contributed by atoms with Crippen molar-refractivity contribution in [2.24, 2.45) is 0 Å². The number of carbonyl (C=O) groups is 2. The first-order valence-electron chi connectivity index (χ1n) is 5.06. The van der Waals surface area contributed by atoms with E-state index in [9.17, 15) is 19.7 Å². The van der Waals surface area contributed by atoms with Gasteiger partial charge in [0.05, 0.1) is 10.5 Å². The van der Waals surface area contributed by atoms with Crippen molar-refractivity contribution in [3.8, 4) is 0 Å². The van der Waals surface area contributed by atoms with E-state index in [1.807, 2.05) is 0 Å². The maximum Gasteiger partial charge on any atom is 0.336 e. The first-order valence-corrected chi connectivity index (χ1v) is 5.06. The van der Waals surface area contributed by atoms with E-state index in [2.05, 4.69) is 25.9 Å². The summed E-state index contributed by atoms with van der Waals surface area (Å²) in [6.45, 7) is 0. The monoisotopic (exact) mass is 278 g/mol. The number of rotatable bonds is 4. The number of aromatic nitrogens is 4. The number of hydrogen-bond donors (Lipinski definition) is 3. The van der Waals surface area contributed by atoms with Gasteiger partial charge in [-0.25, -0.2) is 4.79 Å². The van der Waals surface area contributed by atoms with E-state index in [4.69, 9.17) is 5.11 Å². The highest BCUT2D eigenvalue weighted by molar-refractivity contribution is 6.12. The lowest BCUT2D eigenvalue weighted by atomic mass is 10.0. The van der Waals surface area contributed by atoms with Crippen LogP contribution in [0.4, 0.5) is 11.6 Å². The van der Waals surface area contributed by atoms with Gasteiger partial charge in [0.1, 0.15) is 5.56 Å². The van der Waals surface area contributed by atoms with Crippen LogP contribution in [0.3, 0.4) is 0 Å². The Hall–Kier alpha value is -3.37. The lowest BCUT2D eigenvalue weighted by molar-refractivity contribution is -0.385. The number of nitro groups is 1. The maximum atomic E-state index is 12.0. The van der Waals surface area contributed by atoms with Crippen LogP contribution >= 0.6 is 0 Å². The molecular weight excluding hydrogens is 272 g/mol. The van der Waals surface area contributed by atoms with Crippen LogP contribution in [-0.2, 0) is 0 Å². The first-order chi connectivity index (χ1) is 9.50. The number of nitrogens with one attached hydrogen (secondary N) is 2. The van der Waals surface area contributed by atoms with Gasteiger partial charge in [0, 0.05) is 6.07 Å². The van der Waals surface area contributed by atoms with Gasteiger partial charge in [-0.1, -0.05) is 11.2 Å². The van der Waals surface area contributed by atoms with E-state index in [-0.39, 0.29) is 5.95 Å². The molecule has 1 aromatic carbocycles. The molecule has 0 fully saturated rings. The second kappa shape index (κ2) is 5.09. The van der Waals surface area contributed by atoms with Gasteiger partial charge in [0.2, 0.25) is 0 Å². The summed E-state index contributed by atoms with van der Waals surface area (Å²) in [6, 6.07) is 3.28. The van der Waals surface area contributed by atoms with Crippen LogP contribution in [0.5, 0.6) is 0 Å². The second-order valence-corrected chi connectivity index (χ2v) is 3.45. The van der Waals surface area contributed by atoms with E-state index >= 15 is 0 Å². The molecule has 0 saturated carbocycles. The van der Waals surface area contributed by atoms with Gasteiger partial charge in [0.25, 0.3) is 17.5 Å². The molecule has 102 valence electrons. The smallest absolute Gasteiger partial charge is 0.336 e. The molecule has 0 aliphatic rings. The highest BCUT2D eigenvalue weighted by Gasteiger charge is 2.27. The number of nitrogens with zero attached hydrogens (tertiary/aromatic N) is 4. The van der Waals surface area contributed by atoms with E-state index in [1.165, 1.54) is 6.07 Å². The second-order valence-electron chi connectivity index (χ2n) is 3.45.